The first-order chi connectivity index (χ1) is 8.97. The van der Waals surface area contributed by atoms with E-state index >= 15 is 0 Å². The Balaban J connectivity index is 2.11. The average Bonchev–Trinajstić information content (AvgIpc) is 2.37. The van der Waals surface area contributed by atoms with Crippen LogP contribution in [0.25, 0.3) is 0 Å². The van der Waals surface area contributed by atoms with Crippen LogP contribution < -0.4 is 9.80 Å². The molecule has 3 rings (SSSR count). The molecule has 1 aliphatic heterocycles. The summed E-state index contributed by atoms with van der Waals surface area (Å²) in [5, 5.41) is 13.4. The lowest BCUT2D eigenvalue weighted by Crippen LogP contribution is -2.17. The summed E-state index contributed by atoms with van der Waals surface area (Å²) in [5.74, 6) is 1.22. The fourth-order valence-electron chi connectivity index (χ4n) is 2.19. The molecule has 2 aromatic carbocycles. The van der Waals surface area contributed by atoms with Gasteiger partial charge in [-0.15, -0.1) is 0 Å². The van der Waals surface area contributed by atoms with E-state index in [1.54, 1.807) is 12.1 Å². The van der Waals surface area contributed by atoms with Crippen molar-refractivity contribution in [2.45, 2.75) is 26.2 Å². The zero-order chi connectivity index (χ0) is 13.6. The molecule has 0 aromatic heterocycles. The topological polar surface area (TPSA) is 32.4 Å². The summed E-state index contributed by atoms with van der Waals surface area (Å²) in [7, 11) is 0. The summed E-state index contributed by atoms with van der Waals surface area (Å²) in [5.41, 5.74) is 2.26. The maximum atomic E-state index is 12.4. The van der Waals surface area contributed by atoms with Crippen molar-refractivity contribution < 1.29 is 9.94 Å². The predicted octanol–water partition coefficient (Wildman–Crippen LogP) is 4.57. The summed E-state index contributed by atoms with van der Waals surface area (Å²) in [6, 6.07) is 13.1. The Hall–Kier alpha value is -2.00. The number of anilines is 2. The number of benzene rings is 2. The van der Waals surface area contributed by atoms with E-state index in [-0.39, 0.29) is 5.41 Å². The molecule has 0 saturated carbocycles. The van der Waals surface area contributed by atoms with Gasteiger partial charge in [0.25, 0.3) is 0 Å². The molecule has 1 aliphatic rings. The van der Waals surface area contributed by atoms with Crippen LogP contribution in [0.1, 0.15) is 26.3 Å². The molecule has 0 N–H and O–H groups in total. The number of hydrogen-bond acceptors (Lipinski definition) is 2. The second-order valence-corrected chi connectivity index (χ2v) is 5.80. The van der Waals surface area contributed by atoms with Crippen molar-refractivity contribution in [1.82, 2.24) is 0 Å². The Morgan fingerprint density at radius 2 is 1.63 bits per heavy atom. The third-order valence-corrected chi connectivity index (χ3v) is 3.35. The van der Waals surface area contributed by atoms with E-state index in [1.165, 1.54) is 0 Å². The van der Waals surface area contributed by atoms with E-state index in [0.717, 1.165) is 10.6 Å². The highest BCUT2D eigenvalue weighted by Gasteiger charge is 2.26. The van der Waals surface area contributed by atoms with Crippen LogP contribution >= 0.6 is 0 Å². The van der Waals surface area contributed by atoms with Crippen LogP contribution in [0.3, 0.4) is 0 Å². The van der Waals surface area contributed by atoms with Crippen LogP contribution in [0.5, 0.6) is 11.5 Å². The molecule has 0 unspecified atom stereocenters. The van der Waals surface area contributed by atoms with Crippen LogP contribution in [0.15, 0.2) is 42.5 Å². The van der Waals surface area contributed by atoms with Crippen LogP contribution in [0, 0.1) is 0 Å². The van der Waals surface area contributed by atoms with Gasteiger partial charge in [-0.3, -0.25) is 0 Å². The molecule has 1 heterocycles. The molecular weight excluding hydrogens is 238 g/mol. The van der Waals surface area contributed by atoms with E-state index in [9.17, 15) is 5.21 Å². The maximum absolute atomic E-state index is 12.4. The number of fused-ring (bicyclic) bond motifs is 2. The fourth-order valence-corrected chi connectivity index (χ4v) is 2.19. The van der Waals surface area contributed by atoms with Gasteiger partial charge in [0.1, 0.15) is 11.4 Å². The normalized spacial score (nSPS) is 13.6. The van der Waals surface area contributed by atoms with Crippen molar-refractivity contribution in [3.63, 3.8) is 0 Å². The highest BCUT2D eigenvalue weighted by molar-refractivity contribution is 5.76. The Morgan fingerprint density at radius 1 is 0.947 bits per heavy atom. The lowest BCUT2D eigenvalue weighted by atomic mass is 9.86. The molecule has 0 saturated heterocycles. The summed E-state index contributed by atoms with van der Waals surface area (Å²) in [6.07, 6.45) is 0. The first-order valence-electron chi connectivity index (χ1n) is 6.35. The number of rotatable bonds is 0. The van der Waals surface area contributed by atoms with Crippen LogP contribution in [0.2, 0.25) is 0 Å². The van der Waals surface area contributed by atoms with Crippen molar-refractivity contribution in [2.24, 2.45) is 0 Å². The minimum absolute atomic E-state index is 0.00678. The van der Waals surface area contributed by atoms with Crippen molar-refractivity contribution in [1.29, 1.82) is 0 Å². The van der Waals surface area contributed by atoms with E-state index < -0.39 is 0 Å². The summed E-state index contributed by atoms with van der Waals surface area (Å²) in [6.45, 7) is 6.38. The van der Waals surface area contributed by atoms with Crippen LogP contribution in [-0.2, 0) is 10.6 Å². The second-order valence-electron chi connectivity index (χ2n) is 5.80. The molecule has 0 aliphatic carbocycles. The second kappa shape index (κ2) is 4.00. The van der Waals surface area contributed by atoms with Gasteiger partial charge >= 0.3 is 0 Å². The lowest BCUT2D eigenvalue weighted by molar-refractivity contribution is 0.188. The molecule has 0 atom stereocenters. The Bertz CT molecular complexity index is 629. The molecule has 0 bridgehead atoms. The molecule has 97 valence electrons. The van der Waals surface area contributed by atoms with Crippen molar-refractivity contribution in [3.05, 3.63) is 48.0 Å². The number of para-hydroxylation sites is 2. The smallest absolute Gasteiger partial charge is 0.153 e. The first kappa shape index (κ1) is 12.1. The van der Waals surface area contributed by atoms with E-state index in [2.05, 4.69) is 20.8 Å². The lowest BCUT2D eigenvalue weighted by Gasteiger charge is -2.28. The quantitative estimate of drug-likeness (QED) is 0.689. The van der Waals surface area contributed by atoms with E-state index in [1.807, 2.05) is 30.3 Å². The van der Waals surface area contributed by atoms with Crippen molar-refractivity contribution in [3.8, 4) is 11.5 Å². The highest BCUT2D eigenvalue weighted by atomic mass is 16.5. The monoisotopic (exact) mass is 254 g/mol. The molecule has 3 nitrogen and oxygen atoms in total. The standard InChI is InChI=1S/C16H16NO2/c1-16(2,3)11-8-9-15-13(10-11)17(18)12-6-4-5-7-14(12)19-15/h4-10H,1-3H3. The largest absolute Gasteiger partial charge is 0.453 e. The summed E-state index contributed by atoms with van der Waals surface area (Å²) < 4.78 is 5.77. The minimum atomic E-state index is 0.00678. The van der Waals surface area contributed by atoms with Gasteiger partial charge in [0, 0.05) is 0 Å². The van der Waals surface area contributed by atoms with Gasteiger partial charge in [0.15, 0.2) is 11.5 Å². The number of hydrogen-bond donors (Lipinski definition) is 0. The van der Waals surface area contributed by atoms with Gasteiger partial charge in [-0.2, -0.15) is 5.06 Å². The van der Waals surface area contributed by atoms with Gasteiger partial charge in [0.05, 0.1) is 0 Å². The van der Waals surface area contributed by atoms with E-state index in [4.69, 9.17) is 4.74 Å². The van der Waals surface area contributed by atoms with Gasteiger partial charge < -0.3 is 4.74 Å². The molecule has 2 aromatic rings. The molecule has 19 heavy (non-hydrogen) atoms. The number of nitrogens with zero attached hydrogens (tertiary/aromatic N) is 1. The molecule has 1 radical (unpaired) electrons. The molecule has 0 fully saturated rings. The zero-order valence-corrected chi connectivity index (χ0v) is 11.3. The van der Waals surface area contributed by atoms with Crippen molar-refractivity contribution >= 4 is 11.4 Å². The predicted molar refractivity (Wildman–Crippen MR) is 74.5 cm³/mol. The van der Waals surface area contributed by atoms with E-state index in [0.29, 0.717) is 22.9 Å². The van der Waals surface area contributed by atoms with Crippen molar-refractivity contribution in [2.75, 3.05) is 5.06 Å². The number of ether oxygens (including phenoxy) is 1. The molecular formula is C16H16NO2. The SMILES string of the molecule is CC(C)(C)c1ccc2c(c1)N([O])c1ccccc1O2. The van der Waals surface area contributed by atoms with Crippen LogP contribution in [-0.4, -0.2) is 0 Å². The Morgan fingerprint density at radius 3 is 2.37 bits per heavy atom. The zero-order valence-electron chi connectivity index (χ0n) is 11.3. The molecule has 0 spiro atoms. The third kappa shape index (κ3) is 1.96. The van der Waals surface area contributed by atoms with Gasteiger partial charge in [0.2, 0.25) is 0 Å². The average molecular weight is 254 g/mol. The molecule has 3 heteroatoms. The molecule has 0 amide bonds. The fraction of sp³-hybridized carbons (Fsp3) is 0.250. The third-order valence-electron chi connectivity index (χ3n) is 3.35. The highest BCUT2D eigenvalue weighted by Crippen LogP contribution is 2.46. The Labute approximate surface area is 113 Å². The Kier molecular flexibility index (Phi) is 2.54. The van der Waals surface area contributed by atoms with Gasteiger partial charge in [-0.25, -0.2) is 0 Å². The van der Waals surface area contributed by atoms with Crippen LogP contribution in [0.4, 0.5) is 11.4 Å². The first-order valence-corrected chi connectivity index (χ1v) is 6.35. The van der Waals surface area contributed by atoms with Gasteiger partial charge in [-0.05, 0) is 35.2 Å². The minimum Gasteiger partial charge on any atom is -0.453 e. The summed E-state index contributed by atoms with van der Waals surface area (Å²) in [4.78, 5) is 0. The maximum Gasteiger partial charge on any atom is 0.153 e. The summed E-state index contributed by atoms with van der Waals surface area (Å²) >= 11 is 0. The van der Waals surface area contributed by atoms with Gasteiger partial charge in [-0.1, -0.05) is 44.2 Å².